The number of fused-ring (bicyclic) bond motifs is 1. The highest BCUT2D eigenvalue weighted by molar-refractivity contribution is 5.89. The number of Topliss-reactive ketones (excluding diaryl/α,β-unsaturated/α-hetero) is 1. The van der Waals surface area contributed by atoms with Crippen LogP contribution in [0.25, 0.3) is 11.0 Å². The average Bonchev–Trinajstić information content (AvgIpc) is 2.70. The highest BCUT2D eigenvalue weighted by Gasteiger charge is 2.29. The van der Waals surface area contributed by atoms with E-state index >= 15 is 0 Å². The fraction of sp³-hybridized carbons (Fsp3) is 0.423. The predicted octanol–water partition coefficient (Wildman–Crippen LogP) is 5.54. The second-order valence-corrected chi connectivity index (χ2v) is 8.45. The number of hydrogen-bond donors (Lipinski definition) is 0. The molecule has 32 heavy (non-hydrogen) atoms. The highest BCUT2D eigenvalue weighted by atomic mass is 16.6. The van der Waals surface area contributed by atoms with Gasteiger partial charge in [0.1, 0.15) is 17.9 Å². The molecule has 0 aliphatic rings. The fourth-order valence-corrected chi connectivity index (χ4v) is 3.19. The molecule has 1 aromatic carbocycles. The van der Waals surface area contributed by atoms with Crippen molar-refractivity contribution >= 4 is 22.7 Å². The number of benzene rings is 1. The molecule has 0 atom stereocenters. The van der Waals surface area contributed by atoms with Gasteiger partial charge in [-0.25, -0.2) is 4.79 Å². The summed E-state index contributed by atoms with van der Waals surface area (Å²) in [4.78, 5) is 34.7. The third kappa shape index (κ3) is 8.17. The molecule has 1 heterocycles. The molecule has 172 valence electrons. The summed E-state index contributed by atoms with van der Waals surface area (Å²) in [5.74, 6) is 0.0757. The molecule has 0 bridgehead atoms. The van der Waals surface area contributed by atoms with E-state index in [-0.39, 0.29) is 17.8 Å². The van der Waals surface area contributed by atoms with Crippen molar-refractivity contribution in [2.24, 2.45) is 0 Å². The molecule has 0 amide bonds. The van der Waals surface area contributed by atoms with Gasteiger partial charge in [-0.15, -0.1) is 0 Å². The van der Waals surface area contributed by atoms with Crippen molar-refractivity contribution in [1.82, 2.24) is 0 Å². The van der Waals surface area contributed by atoms with Crippen LogP contribution < -0.4 is 10.4 Å². The highest BCUT2D eigenvalue weighted by Crippen LogP contribution is 2.20. The second-order valence-electron chi connectivity index (χ2n) is 8.45. The number of carbonyl (C=O) groups is 2. The first-order chi connectivity index (χ1) is 15.1. The number of esters is 1. The molecule has 1 aromatic heterocycles. The molecule has 0 aliphatic heterocycles. The van der Waals surface area contributed by atoms with Gasteiger partial charge < -0.3 is 13.9 Å². The number of ketones is 1. The molecule has 0 aliphatic carbocycles. The van der Waals surface area contributed by atoms with Gasteiger partial charge in [0.15, 0.2) is 11.4 Å². The zero-order valence-corrected chi connectivity index (χ0v) is 19.5. The largest absolute Gasteiger partial charge is 0.489 e. The molecule has 0 unspecified atom stereocenters. The SMILES string of the molecule is CC(=O)OC(C)(C)C(=O)C/C=C(/C)CCC/C(C)=C/COc1ccc2ccc(=O)oc2c1. The Morgan fingerprint density at radius 2 is 1.66 bits per heavy atom. The van der Waals surface area contributed by atoms with Gasteiger partial charge in [-0.1, -0.05) is 17.2 Å². The van der Waals surface area contributed by atoms with E-state index in [4.69, 9.17) is 13.9 Å². The normalized spacial score (nSPS) is 12.7. The summed E-state index contributed by atoms with van der Waals surface area (Å²) < 4.78 is 16.0. The maximum Gasteiger partial charge on any atom is 0.336 e. The van der Waals surface area contributed by atoms with Crippen LogP contribution in [0.2, 0.25) is 0 Å². The minimum atomic E-state index is -1.10. The fourth-order valence-electron chi connectivity index (χ4n) is 3.19. The Morgan fingerprint density at radius 1 is 1.00 bits per heavy atom. The van der Waals surface area contributed by atoms with Crippen LogP contribution in [-0.4, -0.2) is 24.0 Å². The first-order valence-electron chi connectivity index (χ1n) is 10.8. The van der Waals surface area contributed by atoms with Crippen molar-refractivity contribution < 1.29 is 23.5 Å². The first kappa shape index (κ1) is 25.1. The Bertz CT molecular complexity index is 1070. The lowest BCUT2D eigenvalue weighted by Crippen LogP contribution is -2.36. The summed E-state index contributed by atoms with van der Waals surface area (Å²) >= 11 is 0. The third-order valence-electron chi connectivity index (χ3n) is 5.12. The van der Waals surface area contributed by atoms with E-state index in [2.05, 4.69) is 6.92 Å². The van der Waals surface area contributed by atoms with E-state index in [0.29, 0.717) is 17.9 Å². The second kappa shape index (κ2) is 11.5. The molecule has 6 nitrogen and oxygen atoms in total. The van der Waals surface area contributed by atoms with Crippen LogP contribution in [0.4, 0.5) is 0 Å². The summed E-state index contributed by atoms with van der Waals surface area (Å²) in [6.45, 7) is 9.04. The van der Waals surface area contributed by atoms with Crippen molar-refractivity contribution in [2.45, 2.75) is 65.9 Å². The van der Waals surface area contributed by atoms with E-state index in [0.717, 1.165) is 30.2 Å². The van der Waals surface area contributed by atoms with Gasteiger partial charge in [-0.2, -0.15) is 0 Å². The maximum absolute atomic E-state index is 12.2. The Morgan fingerprint density at radius 3 is 2.34 bits per heavy atom. The smallest absolute Gasteiger partial charge is 0.336 e. The van der Waals surface area contributed by atoms with E-state index < -0.39 is 11.6 Å². The standard InChI is InChI=1S/C26H32O6/c1-18(9-13-24(28)26(4,5)32-20(3)27)7-6-8-19(2)15-16-30-22-12-10-21-11-14-25(29)31-23(21)17-22/h9-12,14-15,17H,6-8,13,16H2,1-5H3/b18-9-,19-15+. The van der Waals surface area contributed by atoms with Crippen LogP contribution >= 0.6 is 0 Å². The van der Waals surface area contributed by atoms with Gasteiger partial charge in [0, 0.05) is 30.9 Å². The molecule has 0 radical (unpaired) electrons. The number of rotatable bonds is 11. The molecule has 6 heteroatoms. The average molecular weight is 441 g/mol. The number of allylic oxidation sites excluding steroid dienone is 3. The molecule has 2 aromatic rings. The third-order valence-corrected chi connectivity index (χ3v) is 5.12. The topological polar surface area (TPSA) is 82.8 Å². The summed E-state index contributed by atoms with van der Waals surface area (Å²) in [5.41, 5.74) is 1.38. The molecule has 0 fully saturated rings. The molecular weight excluding hydrogens is 408 g/mol. The molecular formula is C26H32O6. The van der Waals surface area contributed by atoms with E-state index in [1.54, 1.807) is 26.0 Å². The van der Waals surface area contributed by atoms with E-state index in [1.165, 1.54) is 18.6 Å². The van der Waals surface area contributed by atoms with E-state index in [9.17, 15) is 14.4 Å². The first-order valence-corrected chi connectivity index (χ1v) is 10.8. The lowest BCUT2D eigenvalue weighted by Gasteiger charge is -2.22. The zero-order chi connectivity index (χ0) is 23.7. The lowest BCUT2D eigenvalue weighted by atomic mass is 9.98. The van der Waals surface area contributed by atoms with Crippen molar-refractivity contribution in [3.05, 3.63) is 64.1 Å². The summed E-state index contributed by atoms with van der Waals surface area (Å²) in [6.07, 6.45) is 6.97. The summed E-state index contributed by atoms with van der Waals surface area (Å²) in [5, 5.41) is 0.851. The van der Waals surface area contributed by atoms with Gasteiger partial charge in [0.2, 0.25) is 0 Å². The molecule has 0 saturated carbocycles. The molecule has 0 N–H and O–H groups in total. The van der Waals surface area contributed by atoms with Gasteiger partial charge in [0.25, 0.3) is 0 Å². The quantitative estimate of drug-likeness (QED) is 0.259. The Balaban J connectivity index is 1.75. The summed E-state index contributed by atoms with van der Waals surface area (Å²) in [6, 6.07) is 8.55. The van der Waals surface area contributed by atoms with Gasteiger partial charge in [-0.05, 0) is 71.2 Å². The van der Waals surface area contributed by atoms with Crippen LogP contribution in [0.1, 0.15) is 60.3 Å². The van der Waals surface area contributed by atoms with Crippen LogP contribution in [-0.2, 0) is 14.3 Å². The van der Waals surface area contributed by atoms with Crippen molar-refractivity contribution in [2.75, 3.05) is 6.61 Å². The Hall–Kier alpha value is -3.15. The Labute approximate surface area is 188 Å². The summed E-state index contributed by atoms with van der Waals surface area (Å²) in [7, 11) is 0. The van der Waals surface area contributed by atoms with Crippen LogP contribution in [0.3, 0.4) is 0 Å². The van der Waals surface area contributed by atoms with Crippen molar-refractivity contribution in [1.29, 1.82) is 0 Å². The lowest BCUT2D eigenvalue weighted by molar-refractivity contribution is -0.161. The van der Waals surface area contributed by atoms with Crippen LogP contribution in [0.15, 0.2) is 62.8 Å². The molecule has 2 rings (SSSR count). The van der Waals surface area contributed by atoms with E-state index in [1.807, 2.05) is 31.2 Å². The monoisotopic (exact) mass is 440 g/mol. The van der Waals surface area contributed by atoms with Gasteiger partial charge >= 0.3 is 11.6 Å². The predicted molar refractivity (Wildman–Crippen MR) is 125 cm³/mol. The maximum atomic E-state index is 12.2. The van der Waals surface area contributed by atoms with Crippen molar-refractivity contribution in [3.63, 3.8) is 0 Å². The number of hydrogen-bond acceptors (Lipinski definition) is 6. The Kier molecular flexibility index (Phi) is 9.00. The number of ether oxygens (including phenoxy) is 2. The van der Waals surface area contributed by atoms with Crippen LogP contribution in [0.5, 0.6) is 5.75 Å². The number of carbonyl (C=O) groups excluding carboxylic acids is 2. The minimum Gasteiger partial charge on any atom is -0.489 e. The molecule has 0 spiro atoms. The molecule has 0 saturated heterocycles. The van der Waals surface area contributed by atoms with Gasteiger partial charge in [0.05, 0.1) is 0 Å². The van der Waals surface area contributed by atoms with Crippen molar-refractivity contribution in [3.8, 4) is 5.75 Å². The minimum absolute atomic E-state index is 0.117. The zero-order valence-electron chi connectivity index (χ0n) is 19.5. The van der Waals surface area contributed by atoms with Crippen LogP contribution in [0, 0.1) is 0 Å². The van der Waals surface area contributed by atoms with Gasteiger partial charge in [-0.3, -0.25) is 9.59 Å².